The van der Waals surface area contributed by atoms with Crippen molar-refractivity contribution >= 4 is 6.21 Å². The molecule has 0 aromatic rings. The van der Waals surface area contributed by atoms with Crippen LogP contribution in [-0.4, -0.2) is 12.3 Å². The lowest BCUT2D eigenvalue weighted by atomic mass is 9.98. The van der Waals surface area contributed by atoms with E-state index < -0.39 is 0 Å². The Bertz CT molecular complexity index is 137. The Hall–Kier alpha value is -0.530. The van der Waals surface area contributed by atoms with E-state index in [2.05, 4.69) is 19.0 Å². The van der Waals surface area contributed by atoms with Crippen molar-refractivity contribution in [3.8, 4) is 0 Å². The first kappa shape index (κ1) is 9.56. The Kier molecular flexibility index (Phi) is 4.12. The van der Waals surface area contributed by atoms with Gasteiger partial charge in [-0.25, -0.2) is 0 Å². The van der Waals surface area contributed by atoms with Gasteiger partial charge in [-0.1, -0.05) is 25.4 Å². The van der Waals surface area contributed by atoms with E-state index in [4.69, 9.17) is 4.84 Å². The summed E-state index contributed by atoms with van der Waals surface area (Å²) in [5.74, 6) is 0.494. The summed E-state index contributed by atoms with van der Waals surface area (Å²) in [5.41, 5.74) is 0. The molecule has 0 radical (unpaired) electrons. The fraction of sp³-hybridized carbons (Fsp3) is 0.900. The molecule has 0 N–H and O–H groups in total. The first-order valence-electron chi connectivity index (χ1n) is 4.98. The summed E-state index contributed by atoms with van der Waals surface area (Å²) >= 11 is 0. The standard InChI is InChI=1S/C10H19NO/c1-9(2)8-11-12-10-6-4-3-5-7-10/h8-10H,3-7H2,1-2H3. The summed E-state index contributed by atoms with van der Waals surface area (Å²) in [6, 6.07) is 0. The maximum absolute atomic E-state index is 5.36. The lowest BCUT2D eigenvalue weighted by molar-refractivity contribution is 0.0333. The normalized spacial score (nSPS) is 20.6. The molecule has 2 heteroatoms. The van der Waals surface area contributed by atoms with Gasteiger partial charge in [0.1, 0.15) is 6.10 Å². The van der Waals surface area contributed by atoms with Crippen LogP contribution in [0.25, 0.3) is 0 Å². The molecule has 0 aromatic carbocycles. The van der Waals surface area contributed by atoms with Gasteiger partial charge in [-0.3, -0.25) is 0 Å². The minimum Gasteiger partial charge on any atom is -0.393 e. The third-order valence-electron chi connectivity index (χ3n) is 2.12. The summed E-state index contributed by atoms with van der Waals surface area (Å²) < 4.78 is 0. The van der Waals surface area contributed by atoms with Crippen molar-refractivity contribution in [3.63, 3.8) is 0 Å². The molecule has 0 amide bonds. The number of hydrogen-bond donors (Lipinski definition) is 0. The third-order valence-corrected chi connectivity index (χ3v) is 2.12. The molecule has 0 saturated heterocycles. The smallest absolute Gasteiger partial charge is 0.127 e. The minimum atomic E-state index is 0.397. The Morgan fingerprint density at radius 2 is 1.92 bits per heavy atom. The fourth-order valence-electron chi connectivity index (χ4n) is 1.41. The van der Waals surface area contributed by atoms with Crippen LogP contribution in [0.15, 0.2) is 5.16 Å². The molecular formula is C10H19NO. The molecule has 0 bridgehead atoms. The monoisotopic (exact) mass is 169 g/mol. The van der Waals surface area contributed by atoms with Crippen LogP contribution in [0.3, 0.4) is 0 Å². The second-order valence-corrected chi connectivity index (χ2v) is 3.86. The van der Waals surface area contributed by atoms with Gasteiger partial charge < -0.3 is 4.84 Å². The van der Waals surface area contributed by atoms with E-state index in [0.29, 0.717) is 12.0 Å². The van der Waals surface area contributed by atoms with Gasteiger partial charge in [-0.05, 0) is 31.6 Å². The van der Waals surface area contributed by atoms with E-state index in [1.165, 1.54) is 32.1 Å². The Morgan fingerprint density at radius 1 is 1.25 bits per heavy atom. The topological polar surface area (TPSA) is 21.6 Å². The van der Waals surface area contributed by atoms with Gasteiger partial charge in [0, 0.05) is 6.21 Å². The summed E-state index contributed by atoms with van der Waals surface area (Å²) in [6.07, 6.45) is 8.63. The van der Waals surface area contributed by atoms with Crippen molar-refractivity contribution in [1.82, 2.24) is 0 Å². The van der Waals surface area contributed by atoms with E-state index in [-0.39, 0.29) is 0 Å². The van der Waals surface area contributed by atoms with Crippen molar-refractivity contribution in [1.29, 1.82) is 0 Å². The van der Waals surface area contributed by atoms with E-state index in [9.17, 15) is 0 Å². The summed E-state index contributed by atoms with van der Waals surface area (Å²) in [7, 11) is 0. The molecule has 1 aliphatic carbocycles. The van der Waals surface area contributed by atoms with Crippen LogP contribution < -0.4 is 0 Å². The number of hydrogen-bond acceptors (Lipinski definition) is 2. The molecule has 1 aliphatic rings. The molecule has 0 aromatic heterocycles. The zero-order valence-corrected chi connectivity index (χ0v) is 8.12. The molecular weight excluding hydrogens is 150 g/mol. The third kappa shape index (κ3) is 3.74. The quantitative estimate of drug-likeness (QED) is 0.470. The highest BCUT2D eigenvalue weighted by molar-refractivity contribution is 5.58. The largest absolute Gasteiger partial charge is 0.393 e. The Balaban J connectivity index is 2.12. The average molecular weight is 169 g/mol. The van der Waals surface area contributed by atoms with Crippen LogP contribution in [-0.2, 0) is 4.84 Å². The lowest BCUT2D eigenvalue weighted by Crippen LogP contribution is -2.13. The molecule has 2 nitrogen and oxygen atoms in total. The number of oxime groups is 1. The molecule has 1 saturated carbocycles. The van der Waals surface area contributed by atoms with Crippen LogP contribution in [0.4, 0.5) is 0 Å². The first-order chi connectivity index (χ1) is 5.79. The summed E-state index contributed by atoms with van der Waals surface area (Å²) in [6.45, 7) is 4.21. The van der Waals surface area contributed by atoms with Gasteiger partial charge in [0.25, 0.3) is 0 Å². The van der Waals surface area contributed by atoms with Gasteiger partial charge in [0.2, 0.25) is 0 Å². The van der Waals surface area contributed by atoms with Crippen molar-refractivity contribution in [2.75, 3.05) is 0 Å². The van der Waals surface area contributed by atoms with Gasteiger partial charge in [-0.15, -0.1) is 0 Å². The predicted molar refractivity (Wildman–Crippen MR) is 51.3 cm³/mol. The highest BCUT2D eigenvalue weighted by Gasteiger charge is 2.13. The molecule has 0 heterocycles. The highest BCUT2D eigenvalue weighted by Crippen LogP contribution is 2.20. The Labute approximate surface area is 75.0 Å². The zero-order chi connectivity index (χ0) is 8.81. The second-order valence-electron chi connectivity index (χ2n) is 3.86. The van der Waals surface area contributed by atoms with Gasteiger partial charge in [0.15, 0.2) is 0 Å². The van der Waals surface area contributed by atoms with E-state index in [1.54, 1.807) is 0 Å². The fourth-order valence-corrected chi connectivity index (χ4v) is 1.41. The van der Waals surface area contributed by atoms with E-state index in [1.807, 2.05) is 6.21 Å². The molecule has 0 unspecified atom stereocenters. The van der Waals surface area contributed by atoms with Crippen molar-refractivity contribution in [2.24, 2.45) is 11.1 Å². The molecule has 0 aliphatic heterocycles. The number of nitrogens with zero attached hydrogens (tertiary/aromatic N) is 1. The molecule has 12 heavy (non-hydrogen) atoms. The zero-order valence-electron chi connectivity index (χ0n) is 8.12. The lowest BCUT2D eigenvalue weighted by Gasteiger charge is -2.19. The van der Waals surface area contributed by atoms with Crippen molar-refractivity contribution in [3.05, 3.63) is 0 Å². The maximum atomic E-state index is 5.36. The van der Waals surface area contributed by atoms with Crippen LogP contribution in [0.1, 0.15) is 46.0 Å². The predicted octanol–water partition coefficient (Wildman–Crippen LogP) is 2.98. The van der Waals surface area contributed by atoms with Crippen molar-refractivity contribution < 1.29 is 4.84 Å². The molecule has 70 valence electrons. The average Bonchev–Trinajstić information content (AvgIpc) is 2.05. The van der Waals surface area contributed by atoms with Crippen LogP contribution in [0.5, 0.6) is 0 Å². The minimum absolute atomic E-state index is 0.397. The van der Waals surface area contributed by atoms with Crippen LogP contribution >= 0.6 is 0 Å². The maximum Gasteiger partial charge on any atom is 0.127 e. The highest BCUT2D eigenvalue weighted by atomic mass is 16.6. The molecule has 1 rings (SSSR count). The van der Waals surface area contributed by atoms with Crippen molar-refractivity contribution in [2.45, 2.75) is 52.1 Å². The molecule has 1 fully saturated rings. The van der Waals surface area contributed by atoms with E-state index in [0.717, 1.165) is 0 Å². The molecule has 0 atom stereocenters. The summed E-state index contributed by atoms with van der Waals surface area (Å²) in [5, 5.41) is 3.97. The molecule has 0 spiro atoms. The van der Waals surface area contributed by atoms with Gasteiger partial charge in [0.05, 0.1) is 0 Å². The SMILES string of the molecule is CC(C)C=NOC1CCCCC1. The second kappa shape index (κ2) is 5.18. The van der Waals surface area contributed by atoms with Crippen LogP contribution in [0.2, 0.25) is 0 Å². The van der Waals surface area contributed by atoms with E-state index >= 15 is 0 Å². The number of rotatable bonds is 3. The first-order valence-corrected chi connectivity index (χ1v) is 4.98. The van der Waals surface area contributed by atoms with Gasteiger partial charge >= 0.3 is 0 Å². The van der Waals surface area contributed by atoms with Crippen LogP contribution in [0, 0.1) is 5.92 Å². The van der Waals surface area contributed by atoms with Gasteiger partial charge in [-0.2, -0.15) is 0 Å². The Morgan fingerprint density at radius 3 is 2.50 bits per heavy atom. The summed E-state index contributed by atoms with van der Waals surface area (Å²) in [4.78, 5) is 5.36.